The van der Waals surface area contributed by atoms with Gasteiger partial charge in [0.1, 0.15) is 5.82 Å². The lowest BCUT2D eigenvalue weighted by Gasteiger charge is -2.31. The molecule has 1 aliphatic heterocycles. The molecule has 1 N–H and O–H groups in total. The summed E-state index contributed by atoms with van der Waals surface area (Å²) in [5.74, 6) is -1.42. The number of carbonyl (C=O) groups excluding carboxylic acids is 2. The van der Waals surface area contributed by atoms with E-state index in [4.69, 9.17) is 4.74 Å². The Labute approximate surface area is 188 Å². The Bertz CT molecular complexity index is 981. The lowest BCUT2D eigenvalue weighted by molar-refractivity contribution is -0.153. The van der Waals surface area contributed by atoms with Crippen LogP contribution in [-0.4, -0.2) is 57.9 Å². The van der Waals surface area contributed by atoms with Gasteiger partial charge in [0.25, 0.3) is 11.7 Å². The van der Waals surface area contributed by atoms with Crippen molar-refractivity contribution in [3.63, 3.8) is 0 Å². The second-order valence-corrected chi connectivity index (χ2v) is 8.66. The topological polar surface area (TPSA) is 102 Å². The standard InChI is InChI=1S/C21H27F3N6O3/c22-21(23,24)20-27-26-16-6-7-17(28-30(16)20)29-10-8-15(9-11-29)19(32)33-13-18(31)25-12-14-4-2-1-3-5-14/h6-7,14-15H,1-5,8-13H2,(H,25,31). The average molecular weight is 468 g/mol. The normalized spacial score (nSPS) is 18.5. The van der Waals surface area contributed by atoms with Crippen molar-refractivity contribution in [1.82, 2.24) is 25.1 Å². The Kier molecular flexibility index (Phi) is 6.99. The van der Waals surface area contributed by atoms with Crippen molar-refractivity contribution in [3.05, 3.63) is 18.0 Å². The smallest absolute Gasteiger partial charge is 0.453 e. The highest BCUT2D eigenvalue weighted by Crippen LogP contribution is 2.29. The maximum atomic E-state index is 13.1. The van der Waals surface area contributed by atoms with Crippen LogP contribution in [-0.2, 0) is 20.5 Å². The summed E-state index contributed by atoms with van der Waals surface area (Å²) in [6.07, 6.45) is 2.13. The summed E-state index contributed by atoms with van der Waals surface area (Å²) >= 11 is 0. The van der Waals surface area contributed by atoms with E-state index in [1.54, 1.807) is 11.0 Å². The Morgan fingerprint density at radius 1 is 1.06 bits per heavy atom. The van der Waals surface area contributed by atoms with Gasteiger partial charge in [0.2, 0.25) is 0 Å². The number of esters is 1. The van der Waals surface area contributed by atoms with Crippen LogP contribution in [0.1, 0.15) is 50.8 Å². The number of piperidine rings is 1. The number of hydrogen-bond acceptors (Lipinski definition) is 7. The van der Waals surface area contributed by atoms with E-state index in [2.05, 4.69) is 20.6 Å². The molecule has 0 radical (unpaired) electrons. The third-order valence-electron chi connectivity index (χ3n) is 6.31. The van der Waals surface area contributed by atoms with Crippen molar-refractivity contribution in [2.75, 3.05) is 31.1 Å². The summed E-state index contributed by atoms with van der Waals surface area (Å²) < 4.78 is 45.1. The molecule has 2 aromatic rings. The Morgan fingerprint density at radius 3 is 2.48 bits per heavy atom. The van der Waals surface area contributed by atoms with E-state index < -0.39 is 18.0 Å². The van der Waals surface area contributed by atoms with Gasteiger partial charge in [0, 0.05) is 19.6 Å². The molecule has 33 heavy (non-hydrogen) atoms. The predicted octanol–water partition coefficient (Wildman–Crippen LogP) is 2.60. The SMILES string of the molecule is O=C(COC(=O)C1CCN(c2ccc3nnc(C(F)(F)F)n3n2)CC1)NCC1CCCCC1. The molecule has 2 fully saturated rings. The number of nitrogens with zero attached hydrogens (tertiary/aromatic N) is 5. The maximum Gasteiger partial charge on any atom is 0.453 e. The van der Waals surface area contributed by atoms with Crippen LogP contribution < -0.4 is 10.2 Å². The molecule has 4 rings (SSSR count). The molecule has 180 valence electrons. The zero-order valence-electron chi connectivity index (χ0n) is 18.2. The van der Waals surface area contributed by atoms with Crippen LogP contribution in [0.15, 0.2) is 12.1 Å². The summed E-state index contributed by atoms with van der Waals surface area (Å²) in [7, 11) is 0. The number of hydrogen-bond donors (Lipinski definition) is 1. The predicted molar refractivity (Wildman–Crippen MR) is 111 cm³/mol. The van der Waals surface area contributed by atoms with Gasteiger partial charge < -0.3 is 15.0 Å². The Balaban J connectivity index is 1.24. The molecule has 0 spiro atoms. The van der Waals surface area contributed by atoms with Gasteiger partial charge in [0.05, 0.1) is 5.92 Å². The number of alkyl halides is 3. The van der Waals surface area contributed by atoms with E-state index in [1.807, 2.05) is 0 Å². The molecule has 0 bridgehead atoms. The van der Waals surface area contributed by atoms with E-state index in [0.717, 1.165) is 12.8 Å². The van der Waals surface area contributed by atoms with Crippen LogP contribution in [0.4, 0.5) is 19.0 Å². The van der Waals surface area contributed by atoms with Gasteiger partial charge in [-0.3, -0.25) is 9.59 Å². The molecule has 0 unspecified atom stereocenters. The number of anilines is 1. The first-order valence-electron chi connectivity index (χ1n) is 11.3. The minimum absolute atomic E-state index is 0.00584. The van der Waals surface area contributed by atoms with Crippen LogP contribution in [0.2, 0.25) is 0 Å². The van der Waals surface area contributed by atoms with Gasteiger partial charge >= 0.3 is 12.1 Å². The van der Waals surface area contributed by atoms with Crippen molar-refractivity contribution in [1.29, 1.82) is 0 Å². The molecule has 1 amide bonds. The maximum absolute atomic E-state index is 13.1. The van der Waals surface area contributed by atoms with Gasteiger partial charge in [-0.15, -0.1) is 15.3 Å². The lowest BCUT2D eigenvalue weighted by atomic mass is 9.89. The minimum Gasteiger partial charge on any atom is -0.455 e. The van der Waals surface area contributed by atoms with E-state index in [9.17, 15) is 22.8 Å². The minimum atomic E-state index is -4.66. The summed E-state index contributed by atoms with van der Waals surface area (Å²) in [4.78, 5) is 26.2. The number of carbonyl (C=O) groups is 2. The fourth-order valence-electron chi connectivity index (χ4n) is 4.42. The third kappa shape index (κ3) is 5.72. The average Bonchev–Trinajstić information content (AvgIpc) is 3.26. The van der Waals surface area contributed by atoms with Gasteiger partial charge in [-0.25, -0.2) is 0 Å². The van der Waals surface area contributed by atoms with Gasteiger partial charge in [-0.1, -0.05) is 19.3 Å². The van der Waals surface area contributed by atoms with E-state index >= 15 is 0 Å². The largest absolute Gasteiger partial charge is 0.455 e. The van der Waals surface area contributed by atoms with Crippen molar-refractivity contribution < 1.29 is 27.5 Å². The fraction of sp³-hybridized carbons (Fsp3) is 0.667. The lowest BCUT2D eigenvalue weighted by Crippen LogP contribution is -2.39. The van der Waals surface area contributed by atoms with Crippen LogP contribution in [0.5, 0.6) is 0 Å². The van der Waals surface area contributed by atoms with Gasteiger partial charge in [-0.2, -0.15) is 17.7 Å². The van der Waals surface area contributed by atoms with Gasteiger partial charge in [-0.05, 0) is 43.7 Å². The molecule has 2 aliphatic rings. The quantitative estimate of drug-likeness (QED) is 0.651. The van der Waals surface area contributed by atoms with Crippen LogP contribution in [0.3, 0.4) is 0 Å². The molecule has 0 atom stereocenters. The first-order valence-corrected chi connectivity index (χ1v) is 11.3. The second-order valence-electron chi connectivity index (χ2n) is 8.66. The zero-order valence-corrected chi connectivity index (χ0v) is 18.2. The first kappa shape index (κ1) is 23.2. The van der Waals surface area contributed by atoms with Gasteiger partial charge in [0.15, 0.2) is 12.3 Å². The number of nitrogens with one attached hydrogen (secondary N) is 1. The Hall–Kier alpha value is -2.92. The number of rotatable bonds is 6. The molecule has 0 aromatic carbocycles. The molecule has 9 nitrogen and oxygen atoms in total. The highest BCUT2D eigenvalue weighted by Gasteiger charge is 2.38. The van der Waals surface area contributed by atoms with Crippen LogP contribution in [0, 0.1) is 11.8 Å². The molecule has 1 saturated carbocycles. The van der Waals surface area contributed by atoms with Crippen molar-refractivity contribution in [2.45, 2.75) is 51.1 Å². The number of aromatic nitrogens is 4. The molecule has 3 heterocycles. The van der Waals surface area contributed by atoms with E-state index in [-0.39, 0.29) is 24.1 Å². The number of amides is 1. The molecule has 12 heteroatoms. The molecule has 1 saturated heterocycles. The van der Waals surface area contributed by atoms with Crippen LogP contribution in [0.25, 0.3) is 5.65 Å². The van der Waals surface area contributed by atoms with E-state index in [1.165, 1.54) is 25.3 Å². The first-order chi connectivity index (χ1) is 15.8. The van der Waals surface area contributed by atoms with Crippen molar-refractivity contribution in [2.24, 2.45) is 11.8 Å². The zero-order chi connectivity index (χ0) is 23.4. The molecule has 1 aliphatic carbocycles. The Morgan fingerprint density at radius 2 is 1.79 bits per heavy atom. The van der Waals surface area contributed by atoms with Crippen LogP contribution >= 0.6 is 0 Å². The molecular weight excluding hydrogens is 441 g/mol. The third-order valence-corrected chi connectivity index (χ3v) is 6.31. The van der Waals surface area contributed by atoms with Crippen molar-refractivity contribution in [3.8, 4) is 0 Å². The monoisotopic (exact) mass is 468 g/mol. The highest BCUT2D eigenvalue weighted by molar-refractivity contribution is 5.81. The number of ether oxygens (including phenoxy) is 1. The van der Waals surface area contributed by atoms with E-state index in [0.29, 0.717) is 48.7 Å². The summed E-state index contributed by atoms with van der Waals surface area (Å²) in [6, 6.07) is 3.01. The number of halogens is 3. The second kappa shape index (κ2) is 9.92. The molecular formula is C21H27F3N6O3. The highest BCUT2D eigenvalue weighted by atomic mass is 19.4. The summed E-state index contributed by atoms with van der Waals surface area (Å²) in [5, 5.41) is 13.6. The number of fused-ring (bicyclic) bond motifs is 1. The molecule has 2 aromatic heterocycles. The summed E-state index contributed by atoms with van der Waals surface area (Å²) in [6.45, 7) is 1.18. The summed E-state index contributed by atoms with van der Waals surface area (Å²) in [5.41, 5.74) is 0.00584. The van der Waals surface area contributed by atoms with Crippen molar-refractivity contribution >= 4 is 23.3 Å². The fourth-order valence-corrected chi connectivity index (χ4v) is 4.42.